The zero-order chi connectivity index (χ0) is 23.2. The highest BCUT2D eigenvalue weighted by molar-refractivity contribution is 7.09. The predicted molar refractivity (Wildman–Crippen MR) is 117 cm³/mol. The van der Waals surface area contributed by atoms with Crippen molar-refractivity contribution in [3.05, 3.63) is 104 Å². The third-order valence-corrected chi connectivity index (χ3v) is 5.49. The number of benzene rings is 1. The fourth-order valence-corrected chi connectivity index (χ4v) is 3.81. The van der Waals surface area contributed by atoms with Gasteiger partial charge in [0, 0.05) is 23.1 Å². The SMILES string of the molecule is O=C(NCc1ccco1)c1csc(CN(Cc2ccco2)C(=O)c2ccc([N+](=O)[O-])cc2)n1. The first-order chi connectivity index (χ1) is 16.0. The highest BCUT2D eigenvalue weighted by atomic mass is 32.1. The van der Waals surface area contributed by atoms with Gasteiger partial charge >= 0.3 is 0 Å². The molecule has 3 heterocycles. The van der Waals surface area contributed by atoms with Crippen LogP contribution in [-0.4, -0.2) is 26.6 Å². The smallest absolute Gasteiger partial charge is 0.271 e. The molecule has 0 spiro atoms. The second-order valence-corrected chi connectivity index (χ2v) is 7.88. The monoisotopic (exact) mass is 466 g/mol. The summed E-state index contributed by atoms with van der Waals surface area (Å²) in [5.74, 6) is 0.490. The van der Waals surface area contributed by atoms with Crippen LogP contribution in [0.15, 0.2) is 75.3 Å². The lowest BCUT2D eigenvalue weighted by Gasteiger charge is -2.20. The van der Waals surface area contributed by atoms with E-state index in [9.17, 15) is 19.7 Å². The van der Waals surface area contributed by atoms with Gasteiger partial charge in [-0.05, 0) is 36.4 Å². The Morgan fingerprint density at radius 2 is 1.73 bits per heavy atom. The molecule has 0 saturated heterocycles. The molecule has 0 atom stereocenters. The molecule has 1 aromatic carbocycles. The van der Waals surface area contributed by atoms with Gasteiger partial charge in [-0.2, -0.15) is 0 Å². The van der Waals surface area contributed by atoms with Gasteiger partial charge < -0.3 is 19.1 Å². The summed E-state index contributed by atoms with van der Waals surface area (Å²) in [4.78, 5) is 41.7. The molecular weight excluding hydrogens is 448 g/mol. The number of thiazole rings is 1. The molecule has 0 unspecified atom stereocenters. The summed E-state index contributed by atoms with van der Waals surface area (Å²) < 4.78 is 10.6. The summed E-state index contributed by atoms with van der Waals surface area (Å²) in [7, 11) is 0. The zero-order valence-corrected chi connectivity index (χ0v) is 18.0. The van der Waals surface area contributed by atoms with E-state index < -0.39 is 4.92 Å². The number of amides is 2. The van der Waals surface area contributed by atoms with E-state index in [0.717, 1.165) is 0 Å². The Balaban J connectivity index is 1.48. The molecule has 1 N–H and O–H groups in total. The number of hydrogen-bond acceptors (Lipinski definition) is 8. The molecule has 11 heteroatoms. The van der Waals surface area contributed by atoms with Crippen LogP contribution in [0.25, 0.3) is 0 Å². The van der Waals surface area contributed by atoms with Crippen molar-refractivity contribution in [2.75, 3.05) is 0 Å². The number of non-ortho nitro benzene ring substituents is 1. The minimum Gasteiger partial charge on any atom is -0.467 e. The van der Waals surface area contributed by atoms with Crippen LogP contribution in [0.3, 0.4) is 0 Å². The highest BCUT2D eigenvalue weighted by Crippen LogP contribution is 2.19. The number of furan rings is 2. The highest BCUT2D eigenvalue weighted by Gasteiger charge is 2.21. The van der Waals surface area contributed by atoms with E-state index in [1.54, 1.807) is 29.6 Å². The molecule has 168 valence electrons. The average Bonchev–Trinajstić information content (AvgIpc) is 3.60. The van der Waals surface area contributed by atoms with E-state index in [0.29, 0.717) is 22.1 Å². The first-order valence-corrected chi connectivity index (χ1v) is 10.7. The number of carbonyl (C=O) groups excluding carboxylic acids is 2. The van der Waals surface area contributed by atoms with Gasteiger partial charge in [0.2, 0.25) is 0 Å². The number of nitro benzene ring substituents is 1. The van der Waals surface area contributed by atoms with Crippen molar-refractivity contribution < 1.29 is 23.3 Å². The quantitative estimate of drug-likeness (QED) is 0.291. The number of nitro groups is 1. The van der Waals surface area contributed by atoms with Crippen molar-refractivity contribution >= 4 is 28.8 Å². The number of hydrogen-bond donors (Lipinski definition) is 1. The summed E-state index contributed by atoms with van der Waals surface area (Å²) in [5, 5.41) is 15.8. The van der Waals surface area contributed by atoms with Crippen LogP contribution in [0.5, 0.6) is 0 Å². The Morgan fingerprint density at radius 3 is 2.36 bits per heavy atom. The summed E-state index contributed by atoms with van der Waals surface area (Å²) in [6, 6.07) is 12.3. The molecule has 0 aliphatic heterocycles. The van der Waals surface area contributed by atoms with Gasteiger partial charge in [-0.3, -0.25) is 19.7 Å². The second-order valence-electron chi connectivity index (χ2n) is 6.93. The molecule has 3 aromatic heterocycles. The van der Waals surface area contributed by atoms with Crippen LogP contribution in [0, 0.1) is 10.1 Å². The first kappa shape index (κ1) is 22.0. The molecule has 0 radical (unpaired) electrons. The van der Waals surface area contributed by atoms with Crippen LogP contribution in [-0.2, 0) is 19.6 Å². The molecule has 4 aromatic rings. The Bertz CT molecular complexity index is 1230. The van der Waals surface area contributed by atoms with Gasteiger partial charge in [0.15, 0.2) is 0 Å². The van der Waals surface area contributed by atoms with Gasteiger partial charge in [0.1, 0.15) is 22.2 Å². The Kier molecular flexibility index (Phi) is 6.60. The van der Waals surface area contributed by atoms with Crippen LogP contribution in [0.4, 0.5) is 5.69 Å². The fourth-order valence-electron chi connectivity index (χ4n) is 3.02. The van der Waals surface area contributed by atoms with Crippen LogP contribution < -0.4 is 5.32 Å². The standard InChI is InChI=1S/C22H18N4O6S/c27-21(23-11-17-3-1-9-31-17)19-14-33-20(24-19)13-25(12-18-4-2-10-32-18)22(28)15-5-7-16(8-6-15)26(29)30/h1-10,14H,11-13H2,(H,23,27). The maximum Gasteiger partial charge on any atom is 0.271 e. The van der Waals surface area contributed by atoms with E-state index >= 15 is 0 Å². The maximum absolute atomic E-state index is 13.1. The van der Waals surface area contributed by atoms with E-state index in [1.807, 2.05) is 0 Å². The summed E-state index contributed by atoms with van der Waals surface area (Å²) in [5.41, 5.74) is 0.427. The van der Waals surface area contributed by atoms with Crippen molar-refractivity contribution in [3.8, 4) is 0 Å². The van der Waals surface area contributed by atoms with Gasteiger partial charge in [0.25, 0.3) is 17.5 Å². The van der Waals surface area contributed by atoms with Crippen LogP contribution >= 0.6 is 11.3 Å². The number of rotatable bonds is 9. The van der Waals surface area contributed by atoms with Crippen molar-refractivity contribution in [1.82, 2.24) is 15.2 Å². The van der Waals surface area contributed by atoms with E-state index in [-0.39, 0.29) is 42.8 Å². The van der Waals surface area contributed by atoms with Crippen molar-refractivity contribution in [2.45, 2.75) is 19.6 Å². The topological polar surface area (TPSA) is 132 Å². The maximum atomic E-state index is 13.1. The van der Waals surface area contributed by atoms with E-state index in [2.05, 4.69) is 10.3 Å². The van der Waals surface area contributed by atoms with Crippen LogP contribution in [0.2, 0.25) is 0 Å². The molecule has 4 rings (SSSR count). The molecule has 0 aliphatic rings. The van der Waals surface area contributed by atoms with Gasteiger partial charge in [-0.1, -0.05) is 0 Å². The van der Waals surface area contributed by atoms with Crippen molar-refractivity contribution in [1.29, 1.82) is 0 Å². The summed E-state index contributed by atoms with van der Waals surface area (Å²) >= 11 is 1.25. The molecule has 2 amide bonds. The van der Waals surface area contributed by atoms with Crippen LogP contribution in [0.1, 0.15) is 37.4 Å². The lowest BCUT2D eigenvalue weighted by Crippen LogP contribution is -2.30. The number of aromatic nitrogens is 1. The minimum atomic E-state index is -0.525. The third-order valence-electron chi connectivity index (χ3n) is 4.65. The minimum absolute atomic E-state index is 0.103. The van der Waals surface area contributed by atoms with E-state index in [1.165, 1.54) is 53.0 Å². The molecule has 0 bridgehead atoms. The molecule has 0 saturated carbocycles. The van der Waals surface area contributed by atoms with Gasteiger partial charge in [-0.25, -0.2) is 4.98 Å². The van der Waals surface area contributed by atoms with Crippen molar-refractivity contribution in [3.63, 3.8) is 0 Å². The largest absolute Gasteiger partial charge is 0.467 e. The Labute approximate surface area is 191 Å². The number of nitrogens with zero attached hydrogens (tertiary/aromatic N) is 3. The summed E-state index contributed by atoms with van der Waals surface area (Å²) in [6.45, 7) is 0.539. The normalized spacial score (nSPS) is 10.7. The van der Waals surface area contributed by atoms with Gasteiger partial charge in [-0.15, -0.1) is 11.3 Å². The second kappa shape index (κ2) is 9.92. The Hall–Kier alpha value is -4.25. The van der Waals surface area contributed by atoms with E-state index in [4.69, 9.17) is 8.83 Å². The van der Waals surface area contributed by atoms with Crippen molar-refractivity contribution in [2.24, 2.45) is 0 Å². The lowest BCUT2D eigenvalue weighted by atomic mass is 10.1. The molecule has 0 fully saturated rings. The zero-order valence-electron chi connectivity index (χ0n) is 17.2. The molecule has 0 aliphatic carbocycles. The van der Waals surface area contributed by atoms with Gasteiger partial charge in [0.05, 0.1) is 37.1 Å². The molecule has 33 heavy (non-hydrogen) atoms. The number of carbonyl (C=O) groups is 2. The third kappa shape index (κ3) is 5.52. The fraction of sp³-hybridized carbons (Fsp3) is 0.136. The molecular formula is C22H18N4O6S. The average molecular weight is 466 g/mol. The predicted octanol–water partition coefficient (Wildman–Crippen LogP) is 4.01. The Morgan fingerprint density at radius 1 is 1.03 bits per heavy atom. The summed E-state index contributed by atoms with van der Waals surface area (Å²) in [6.07, 6.45) is 3.03. The lowest BCUT2D eigenvalue weighted by molar-refractivity contribution is -0.384. The molecule has 10 nitrogen and oxygen atoms in total. The first-order valence-electron chi connectivity index (χ1n) is 9.80. The number of nitrogens with one attached hydrogen (secondary N) is 1.